The second-order valence-electron chi connectivity index (χ2n) is 8.33. The minimum absolute atomic E-state index is 0.0766. The molecule has 11 heteroatoms. The van der Waals surface area contributed by atoms with Gasteiger partial charge >= 0.3 is 0 Å². The summed E-state index contributed by atoms with van der Waals surface area (Å²) in [5, 5.41) is 13.3. The Hall–Kier alpha value is -3.02. The molecule has 0 fully saturated rings. The molecule has 0 aromatic carbocycles. The summed E-state index contributed by atoms with van der Waals surface area (Å²) in [7, 11) is -2.93. The van der Waals surface area contributed by atoms with Gasteiger partial charge in [0.25, 0.3) is 10.0 Å². The Morgan fingerprint density at radius 1 is 1.32 bits per heavy atom. The van der Waals surface area contributed by atoms with E-state index in [4.69, 9.17) is 9.47 Å². The minimum atomic E-state index is -4.19. The number of sulfonamides is 1. The van der Waals surface area contributed by atoms with Gasteiger partial charge in [-0.25, -0.2) is 0 Å². The molecule has 37 heavy (non-hydrogen) atoms. The molecule has 0 saturated heterocycles. The number of allylic oxidation sites excluding steroid dienone is 5. The summed E-state index contributed by atoms with van der Waals surface area (Å²) >= 11 is 0. The van der Waals surface area contributed by atoms with E-state index in [2.05, 4.69) is 14.7 Å². The van der Waals surface area contributed by atoms with Crippen molar-refractivity contribution in [3.8, 4) is 5.75 Å². The number of aliphatic hydroxyl groups is 1. The highest BCUT2D eigenvalue weighted by atomic mass is 32.2. The maximum atomic E-state index is 13.4. The van der Waals surface area contributed by atoms with Crippen molar-refractivity contribution in [2.75, 3.05) is 14.2 Å². The average Bonchev–Trinajstić information content (AvgIpc) is 2.85. The molecule has 2 N–H and O–H groups in total. The van der Waals surface area contributed by atoms with E-state index in [9.17, 15) is 17.7 Å². The topological polar surface area (TPSA) is 127 Å². The second-order valence-corrected chi connectivity index (χ2v) is 11.2. The van der Waals surface area contributed by atoms with Gasteiger partial charge in [0.15, 0.2) is 0 Å². The molecular formula is C26H35N3O6S2. The van der Waals surface area contributed by atoms with Crippen LogP contribution in [0.2, 0.25) is 0 Å². The summed E-state index contributed by atoms with van der Waals surface area (Å²) in [6.07, 6.45) is 12.0. The Bertz CT molecular complexity index is 1290. The molecule has 0 amide bonds. The summed E-state index contributed by atoms with van der Waals surface area (Å²) in [5.74, 6) is 0.453. The van der Waals surface area contributed by atoms with E-state index >= 15 is 0 Å². The van der Waals surface area contributed by atoms with E-state index in [-0.39, 0.29) is 22.8 Å². The molecule has 1 aromatic rings. The number of rotatable bonds is 10. The molecule has 0 aliphatic heterocycles. The van der Waals surface area contributed by atoms with Crippen molar-refractivity contribution in [2.45, 2.75) is 52.4 Å². The number of ether oxygens (including phenoxy) is 2. The van der Waals surface area contributed by atoms with Crippen LogP contribution in [0.1, 0.15) is 43.5 Å². The first kappa shape index (κ1) is 30.2. The third kappa shape index (κ3) is 9.10. The zero-order chi connectivity index (χ0) is 27.6. The average molecular weight is 550 g/mol. The number of hydrogen-bond donors (Lipinski definition) is 2. The molecule has 1 unspecified atom stereocenters. The van der Waals surface area contributed by atoms with Crippen molar-refractivity contribution in [3.05, 3.63) is 81.9 Å². The van der Waals surface area contributed by atoms with Gasteiger partial charge in [0.2, 0.25) is 5.17 Å². The molecule has 1 heterocycles. The van der Waals surface area contributed by atoms with Gasteiger partial charge in [-0.3, -0.25) is 9.19 Å². The predicted molar refractivity (Wildman–Crippen MR) is 148 cm³/mol. The highest BCUT2D eigenvalue weighted by Crippen LogP contribution is 2.25. The third-order valence-electron chi connectivity index (χ3n) is 5.47. The Balaban J connectivity index is 2.43. The van der Waals surface area contributed by atoms with E-state index in [1.54, 1.807) is 32.6 Å². The fraction of sp³-hybridized carbons (Fsp3) is 0.385. The van der Waals surface area contributed by atoms with Gasteiger partial charge in [-0.15, -0.1) is 4.40 Å². The monoisotopic (exact) mass is 549 g/mol. The predicted octanol–water partition coefficient (Wildman–Crippen LogP) is 4.40. The molecule has 1 aliphatic rings. The normalized spacial score (nSPS) is 18.2. The Morgan fingerprint density at radius 3 is 2.68 bits per heavy atom. The molecule has 9 nitrogen and oxygen atoms in total. The van der Waals surface area contributed by atoms with Crippen LogP contribution >= 0.6 is 0 Å². The maximum Gasteiger partial charge on any atom is 0.277 e. The summed E-state index contributed by atoms with van der Waals surface area (Å²) in [4.78, 5) is 4.38. The van der Waals surface area contributed by atoms with E-state index < -0.39 is 20.8 Å². The van der Waals surface area contributed by atoms with E-state index in [0.29, 0.717) is 23.6 Å². The molecule has 2 atom stereocenters. The van der Waals surface area contributed by atoms with Gasteiger partial charge in [-0.1, -0.05) is 19.1 Å². The highest BCUT2D eigenvalue weighted by molar-refractivity contribution is 8.01. The molecule has 0 bridgehead atoms. The van der Waals surface area contributed by atoms with Crippen molar-refractivity contribution in [3.63, 3.8) is 0 Å². The van der Waals surface area contributed by atoms with Gasteiger partial charge in [0.05, 0.1) is 40.9 Å². The lowest BCUT2D eigenvalue weighted by atomic mass is 10.0. The Labute approximate surface area is 221 Å². The van der Waals surface area contributed by atoms with Crippen LogP contribution in [0.5, 0.6) is 5.75 Å². The standard InChI is InChI=1S/C26H35N3O6S2/c1-7-8-10-21(30)11-9-14-37(32,33)29-26(28-23-13-12-22(34-5)15-18(23)2)36(31)17-24-20(4)25(35-6)19(3)16-27-24/h8-14,16,22,30H,7,15,17H2,1-6H3,(H,28,29)/b10-8-,14-9+,21-11+/t22?,36-/m0/s1. The summed E-state index contributed by atoms with van der Waals surface area (Å²) < 4.78 is 53.6. The summed E-state index contributed by atoms with van der Waals surface area (Å²) in [6.45, 7) is 7.45. The van der Waals surface area contributed by atoms with Crippen LogP contribution in [0.4, 0.5) is 0 Å². The molecule has 202 valence electrons. The van der Waals surface area contributed by atoms with Crippen molar-refractivity contribution < 1.29 is 27.2 Å². The number of hydrogen-bond acceptors (Lipinski definition) is 7. The molecule has 0 spiro atoms. The van der Waals surface area contributed by atoms with Crippen LogP contribution in [-0.2, 0) is 31.3 Å². The second kappa shape index (κ2) is 14.1. The van der Waals surface area contributed by atoms with Crippen molar-refractivity contribution >= 4 is 26.0 Å². The van der Waals surface area contributed by atoms with E-state index in [1.165, 1.54) is 18.2 Å². The lowest BCUT2D eigenvalue weighted by molar-refractivity contribution is 0.139. The third-order valence-corrected chi connectivity index (χ3v) is 7.69. The smallest absolute Gasteiger partial charge is 0.277 e. The number of nitrogens with one attached hydrogen (secondary N) is 1. The van der Waals surface area contributed by atoms with Gasteiger partial charge < -0.3 is 19.9 Å². The van der Waals surface area contributed by atoms with Crippen molar-refractivity contribution in [1.82, 2.24) is 10.3 Å². The molecule has 2 rings (SSSR count). The van der Waals surface area contributed by atoms with Gasteiger partial charge in [-0.05, 0) is 57.1 Å². The summed E-state index contributed by atoms with van der Waals surface area (Å²) in [5.41, 5.74) is 3.54. The molecular weight excluding hydrogens is 514 g/mol. The molecule has 1 aromatic heterocycles. The number of methoxy groups -OCH3 is 2. The highest BCUT2D eigenvalue weighted by Gasteiger charge is 2.21. The lowest BCUT2D eigenvalue weighted by Gasteiger charge is -2.21. The number of pyridine rings is 1. The minimum Gasteiger partial charge on any atom is -0.508 e. The zero-order valence-corrected chi connectivity index (χ0v) is 23.6. The Kier molecular flexibility index (Phi) is 11.5. The Morgan fingerprint density at radius 2 is 2.05 bits per heavy atom. The van der Waals surface area contributed by atoms with Crippen LogP contribution in [0, 0.1) is 13.8 Å². The van der Waals surface area contributed by atoms with E-state index in [1.807, 2.05) is 33.8 Å². The van der Waals surface area contributed by atoms with Crippen LogP contribution in [-0.4, -0.2) is 48.2 Å². The zero-order valence-electron chi connectivity index (χ0n) is 22.0. The van der Waals surface area contributed by atoms with Crippen LogP contribution < -0.4 is 10.1 Å². The molecule has 1 aliphatic carbocycles. The van der Waals surface area contributed by atoms with Gasteiger partial charge in [-0.2, -0.15) is 8.42 Å². The van der Waals surface area contributed by atoms with E-state index in [0.717, 1.165) is 28.5 Å². The number of aliphatic hydroxyl groups excluding tert-OH is 1. The maximum absolute atomic E-state index is 13.4. The first-order valence-corrected chi connectivity index (χ1v) is 14.5. The van der Waals surface area contributed by atoms with Crippen LogP contribution in [0.15, 0.2) is 69.5 Å². The van der Waals surface area contributed by atoms with Gasteiger partial charge in [0.1, 0.15) is 11.5 Å². The lowest BCUT2D eigenvalue weighted by Crippen LogP contribution is -2.31. The molecule has 0 radical (unpaired) electrons. The fourth-order valence-corrected chi connectivity index (χ4v) is 5.62. The SMILES string of the molecule is CC\C=C/C(O)=C\C=C\S(=O)(=O)/N=C(/NC1=C(C)CC(OC)C=C1)[S@@](=O)Cc1ncc(C)c(OC)c1C. The van der Waals surface area contributed by atoms with Crippen LogP contribution in [0.3, 0.4) is 0 Å². The quantitative estimate of drug-likeness (QED) is 0.190. The number of aromatic nitrogens is 1. The molecule has 0 saturated carbocycles. The van der Waals surface area contributed by atoms with Crippen molar-refractivity contribution in [1.29, 1.82) is 0 Å². The van der Waals surface area contributed by atoms with Crippen LogP contribution in [0.25, 0.3) is 0 Å². The van der Waals surface area contributed by atoms with Gasteiger partial charge in [0, 0.05) is 36.6 Å². The fourth-order valence-electron chi connectivity index (χ4n) is 3.46. The first-order valence-electron chi connectivity index (χ1n) is 11.6. The van der Waals surface area contributed by atoms with Crippen molar-refractivity contribution in [2.24, 2.45) is 4.40 Å². The largest absolute Gasteiger partial charge is 0.508 e. The summed E-state index contributed by atoms with van der Waals surface area (Å²) in [6, 6.07) is 0. The number of nitrogens with zero attached hydrogens (tertiary/aromatic N) is 2. The first-order chi connectivity index (χ1) is 17.5. The number of aryl methyl sites for hydroxylation is 1. The number of amidine groups is 1.